The molecule has 0 bridgehead atoms. The van der Waals surface area contributed by atoms with E-state index < -0.39 is 11.2 Å². The van der Waals surface area contributed by atoms with E-state index in [1.54, 1.807) is 21.3 Å². The Morgan fingerprint density at radius 1 is 0.906 bits per heavy atom. The van der Waals surface area contributed by atoms with Crippen LogP contribution in [0.5, 0.6) is 5.75 Å². The number of hydrogen-bond donors (Lipinski definition) is 2. The summed E-state index contributed by atoms with van der Waals surface area (Å²) < 4.78 is 12.4. The van der Waals surface area contributed by atoms with E-state index in [1.807, 2.05) is 38.1 Å². The summed E-state index contributed by atoms with van der Waals surface area (Å²) in [6, 6.07) is 24.9. The van der Waals surface area contributed by atoms with Crippen LogP contribution in [-0.2, 0) is 4.65 Å². The van der Waals surface area contributed by atoms with Crippen molar-refractivity contribution in [2.75, 3.05) is 5.32 Å². The third-order valence-corrected chi connectivity index (χ3v) is 6.57. The molecular weight excluding hydrogens is 397 g/mol. The number of aliphatic hydroxyl groups is 1. The number of benzene rings is 4. The van der Waals surface area contributed by atoms with Gasteiger partial charge in [0.1, 0.15) is 0 Å². The largest absolute Gasteiger partial charge is 0.464 e. The summed E-state index contributed by atoms with van der Waals surface area (Å²) in [5, 5.41) is 18.3. The van der Waals surface area contributed by atoms with Crippen molar-refractivity contribution in [3.05, 3.63) is 78.4 Å². The first kappa shape index (κ1) is 20.9. The topological polar surface area (TPSA) is 50.7 Å². The predicted octanol–water partition coefficient (Wildman–Crippen LogP) is 5.31. The summed E-state index contributed by atoms with van der Waals surface area (Å²) in [6.45, 7) is 7.28. The molecule has 1 aliphatic rings. The van der Waals surface area contributed by atoms with Gasteiger partial charge in [0.15, 0.2) is 12.0 Å². The second-order valence-electron chi connectivity index (χ2n) is 9.44. The van der Waals surface area contributed by atoms with Crippen molar-refractivity contribution < 1.29 is 14.5 Å². The predicted molar refractivity (Wildman–Crippen MR) is 132 cm³/mol. The Hall–Kier alpha value is -3.02. The van der Waals surface area contributed by atoms with Crippen LogP contribution >= 0.6 is 0 Å². The molecule has 5 heteroatoms. The molecule has 4 aromatic rings. The van der Waals surface area contributed by atoms with Gasteiger partial charge < -0.3 is 19.8 Å². The molecule has 1 radical (unpaired) electrons. The van der Waals surface area contributed by atoms with E-state index in [4.69, 9.17) is 9.39 Å². The summed E-state index contributed by atoms with van der Waals surface area (Å²) in [5.74, 6) is 0.872. The molecular formula is C27H27BNO3. The molecule has 5 rings (SSSR count). The Morgan fingerprint density at radius 2 is 1.59 bits per heavy atom. The van der Waals surface area contributed by atoms with E-state index in [-0.39, 0.29) is 6.23 Å². The molecule has 4 aromatic carbocycles. The van der Waals surface area contributed by atoms with Gasteiger partial charge in [-0.15, -0.1) is 0 Å². The minimum absolute atomic E-state index is 0.210. The minimum atomic E-state index is -0.972. The standard InChI is InChI=1S/C27H27BNO3/c1-26(2,30)27(3,4)32-28-20-14-12-17-10-11-18-13-15-22-24(23(18)21(17)16-20)31-25(29-22)19-8-6-5-7-9-19/h5-16,25,29-30H,1-4H3. The average Bonchev–Trinajstić information content (AvgIpc) is 3.21. The van der Waals surface area contributed by atoms with Crippen LogP contribution in [0.3, 0.4) is 0 Å². The van der Waals surface area contributed by atoms with Crippen molar-refractivity contribution in [1.82, 2.24) is 0 Å². The van der Waals surface area contributed by atoms with Crippen LogP contribution in [0.1, 0.15) is 39.5 Å². The van der Waals surface area contributed by atoms with Crippen LogP contribution in [0.25, 0.3) is 21.5 Å². The molecule has 32 heavy (non-hydrogen) atoms. The molecule has 1 unspecified atom stereocenters. The monoisotopic (exact) mass is 424 g/mol. The first-order valence-electron chi connectivity index (χ1n) is 10.9. The minimum Gasteiger partial charge on any atom is -0.464 e. The van der Waals surface area contributed by atoms with Gasteiger partial charge in [0.25, 0.3) is 0 Å². The van der Waals surface area contributed by atoms with Gasteiger partial charge in [-0.1, -0.05) is 72.2 Å². The van der Waals surface area contributed by atoms with E-state index in [2.05, 4.69) is 53.8 Å². The van der Waals surface area contributed by atoms with Crippen LogP contribution in [0.15, 0.2) is 72.8 Å². The molecule has 0 aliphatic carbocycles. The number of hydrogen-bond acceptors (Lipinski definition) is 4. The molecule has 4 nitrogen and oxygen atoms in total. The molecule has 0 saturated carbocycles. The van der Waals surface area contributed by atoms with Gasteiger partial charge in [-0.2, -0.15) is 0 Å². The first-order chi connectivity index (χ1) is 15.2. The second kappa shape index (κ2) is 7.54. The Kier molecular flexibility index (Phi) is 4.92. The van der Waals surface area contributed by atoms with E-state index >= 15 is 0 Å². The van der Waals surface area contributed by atoms with Crippen molar-refractivity contribution in [3.8, 4) is 5.75 Å². The average molecular weight is 424 g/mol. The summed E-state index contributed by atoms with van der Waals surface area (Å²) >= 11 is 0. The van der Waals surface area contributed by atoms with Crippen molar-refractivity contribution in [3.63, 3.8) is 0 Å². The molecule has 1 aliphatic heterocycles. The van der Waals surface area contributed by atoms with Gasteiger partial charge in [0, 0.05) is 10.9 Å². The number of ether oxygens (including phenoxy) is 1. The SMILES string of the molecule is CC(C)(O)C(C)(C)O[B]c1ccc2ccc3ccc4c(c3c2c1)OC(c1ccccc1)N4. The molecule has 0 amide bonds. The Labute approximate surface area is 189 Å². The van der Waals surface area contributed by atoms with E-state index in [9.17, 15) is 5.11 Å². The second-order valence-corrected chi connectivity index (χ2v) is 9.44. The molecule has 2 N–H and O–H groups in total. The molecule has 0 spiro atoms. The van der Waals surface area contributed by atoms with Crippen LogP contribution in [-0.4, -0.2) is 23.8 Å². The summed E-state index contributed by atoms with van der Waals surface area (Å²) in [6.07, 6.45) is -0.210. The van der Waals surface area contributed by atoms with Gasteiger partial charge >= 0.3 is 7.48 Å². The fraction of sp³-hybridized carbons (Fsp3) is 0.259. The summed E-state index contributed by atoms with van der Waals surface area (Å²) in [5.41, 5.74) is 1.32. The molecule has 0 saturated heterocycles. The summed E-state index contributed by atoms with van der Waals surface area (Å²) in [7, 11) is 1.73. The van der Waals surface area contributed by atoms with Crippen molar-refractivity contribution in [1.29, 1.82) is 0 Å². The zero-order valence-electron chi connectivity index (χ0n) is 18.8. The quantitative estimate of drug-likeness (QED) is 0.337. The molecule has 1 heterocycles. The molecule has 1 atom stereocenters. The zero-order chi connectivity index (χ0) is 22.5. The lowest BCUT2D eigenvalue weighted by atomic mass is 9.81. The smallest absolute Gasteiger partial charge is 0.330 e. The fourth-order valence-electron chi connectivity index (χ4n) is 3.87. The van der Waals surface area contributed by atoms with Gasteiger partial charge in [-0.05, 0) is 49.9 Å². The molecule has 161 valence electrons. The van der Waals surface area contributed by atoms with Crippen LogP contribution in [0.4, 0.5) is 5.69 Å². The van der Waals surface area contributed by atoms with Gasteiger partial charge in [0.2, 0.25) is 0 Å². The third-order valence-electron chi connectivity index (χ3n) is 6.57. The lowest BCUT2D eigenvalue weighted by Crippen LogP contribution is -2.49. The maximum absolute atomic E-state index is 10.4. The lowest BCUT2D eigenvalue weighted by Gasteiger charge is -2.37. The van der Waals surface area contributed by atoms with Gasteiger partial charge in [-0.25, -0.2) is 0 Å². The van der Waals surface area contributed by atoms with E-state index in [1.165, 1.54) is 0 Å². The van der Waals surface area contributed by atoms with Gasteiger partial charge in [0.05, 0.1) is 16.9 Å². The highest BCUT2D eigenvalue weighted by Crippen LogP contribution is 2.45. The Balaban J connectivity index is 1.55. The van der Waals surface area contributed by atoms with E-state index in [0.717, 1.165) is 44.0 Å². The number of fused-ring (bicyclic) bond motifs is 5. The highest BCUT2D eigenvalue weighted by molar-refractivity contribution is 6.47. The van der Waals surface area contributed by atoms with E-state index in [0.29, 0.717) is 0 Å². The summed E-state index contributed by atoms with van der Waals surface area (Å²) in [4.78, 5) is 0. The van der Waals surface area contributed by atoms with Crippen molar-refractivity contribution >= 4 is 40.2 Å². The normalized spacial score (nSPS) is 16.0. The molecule has 0 fully saturated rings. The first-order valence-corrected chi connectivity index (χ1v) is 10.9. The van der Waals surface area contributed by atoms with Crippen LogP contribution in [0, 0.1) is 0 Å². The number of anilines is 1. The molecule has 0 aromatic heterocycles. The van der Waals surface area contributed by atoms with Crippen molar-refractivity contribution in [2.24, 2.45) is 0 Å². The maximum atomic E-state index is 10.4. The van der Waals surface area contributed by atoms with Crippen LogP contribution < -0.4 is 15.5 Å². The lowest BCUT2D eigenvalue weighted by molar-refractivity contribution is -0.0893. The zero-order valence-corrected chi connectivity index (χ0v) is 18.8. The fourth-order valence-corrected chi connectivity index (χ4v) is 3.87. The number of nitrogens with one attached hydrogen (secondary N) is 1. The van der Waals surface area contributed by atoms with Gasteiger partial charge in [-0.3, -0.25) is 0 Å². The van der Waals surface area contributed by atoms with Crippen molar-refractivity contribution in [2.45, 2.75) is 45.1 Å². The third kappa shape index (κ3) is 3.62. The highest BCUT2D eigenvalue weighted by Gasteiger charge is 2.35. The maximum Gasteiger partial charge on any atom is 0.330 e. The Bertz CT molecular complexity index is 1300. The number of rotatable bonds is 5. The van der Waals surface area contributed by atoms with Crippen LogP contribution in [0.2, 0.25) is 0 Å². The highest BCUT2D eigenvalue weighted by atomic mass is 16.5. The Morgan fingerprint density at radius 3 is 2.34 bits per heavy atom.